The first kappa shape index (κ1) is 12.7. The van der Waals surface area contributed by atoms with Crippen molar-refractivity contribution >= 4 is 22.2 Å². The predicted octanol–water partition coefficient (Wildman–Crippen LogP) is 1.93. The first-order chi connectivity index (χ1) is 7.67. The quantitative estimate of drug-likeness (QED) is 0.821. The van der Waals surface area contributed by atoms with Gasteiger partial charge in [-0.05, 0) is 30.3 Å². The number of nitrogens with two attached hydrogens (primary N) is 1. The van der Waals surface area contributed by atoms with Crippen molar-refractivity contribution in [2.45, 2.75) is 19.8 Å². The fraction of sp³-hybridized carbons (Fsp3) is 0.455. The van der Waals surface area contributed by atoms with Gasteiger partial charge < -0.3 is 11.1 Å². The molecule has 16 heavy (non-hydrogen) atoms. The van der Waals surface area contributed by atoms with Gasteiger partial charge in [-0.2, -0.15) is 5.26 Å². The number of thiophene rings is 1. The van der Waals surface area contributed by atoms with E-state index in [-0.39, 0.29) is 5.91 Å². The molecular weight excluding hydrogens is 222 g/mol. The second-order valence-corrected chi connectivity index (χ2v) is 4.62. The van der Waals surface area contributed by atoms with Gasteiger partial charge >= 0.3 is 0 Å². The highest BCUT2D eigenvalue weighted by Crippen LogP contribution is 2.22. The first-order valence-electron chi connectivity index (χ1n) is 5.15. The maximum Gasteiger partial charge on any atom is 0.225 e. The molecule has 1 aromatic heterocycles. The van der Waals surface area contributed by atoms with Crippen LogP contribution in [0, 0.1) is 17.2 Å². The number of hydrogen-bond donors (Lipinski definition) is 2. The summed E-state index contributed by atoms with van der Waals surface area (Å²) in [4.78, 5) is 11.5. The summed E-state index contributed by atoms with van der Waals surface area (Å²) < 4.78 is 0. The number of hydrogen-bond acceptors (Lipinski definition) is 4. The number of rotatable bonds is 5. The summed E-state index contributed by atoms with van der Waals surface area (Å²) in [6.45, 7) is 2.61. The Kier molecular flexibility index (Phi) is 4.96. The molecule has 0 aliphatic carbocycles. The van der Waals surface area contributed by atoms with E-state index >= 15 is 0 Å². The number of carbonyl (C=O) groups is 1. The van der Waals surface area contributed by atoms with E-state index in [1.165, 1.54) is 11.3 Å². The van der Waals surface area contributed by atoms with Gasteiger partial charge in [0.25, 0.3) is 0 Å². The molecule has 1 heterocycles. The minimum Gasteiger partial charge on any atom is -0.330 e. The van der Waals surface area contributed by atoms with Crippen molar-refractivity contribution in [3.63, 3.8) is 0 Å². The third-order valence-corrected chi connectivity index (χ3v) is 3.14. The van der Waals surface area contributed by atoms with Crippen LogP contribution in [0.15, 0.2) is 11.4 Å². The van der Waals surface area contributed by atoms with Crippen LogP contribution in [0.4, 0.5) is 5.00 Å². The monoisotopic (exact) mass is 237 g/mol. The normalized spacial score (nSPS) is 11.8. The van der Waals surface area contributed by atoms with Crippen molar-refractivity contribution in [3.8, 4) is 6.07 Å². The molecule has 0 saturated heterocycles. The highest BCUT2D eigenvalue weighted by Gasteiger charge is 2.09. The number of nitrogens with one attached hydrogen (secondary N) is 1. The van der Waals surface area contributed by atoms with Gasteiger partial charge in [-0.3, -0.25) is 4.79 Å². The van der Waals surface area contributed by atoms with Gasteiger partial charge in [0.05, 0.1) is 5.56 Å². The van der Waals surface area contributed by atoms with Gasteiger partial charge in [0.2, 0.25) is 5.91 Å². The Morgan fingerprint density at radius 1 is 1.75 bits per heavy atom. The zero-order chi connectivity index (χ0) is 12.0. The predicted molar refractivity (Wildman–Crippen MR) is 65.1 cm³/mol. The summed E-state index contributed by atoms with van der Waals surface area (Å²) in [5.74, 6) is 0.295. The molecule has 0 spiro atoms. The molecule has 86 valence electrons. The third-order valence-electron chi connectivity index (χ3n) is 2.31. The van der Waals surface area contributed by atoms with Crippen LogP contribution in [-0.4, -0.2) is 12.5 Å². The summed E-state index contributed by atoms with van der Waals surface area (Å²) in [5, 5.41) is 13.9. The lowest BCUT2D eigenvalue weighted by molar-refractivity contribution is -0.116. The fourth-order valence-electron chi connectivity index (χ4n) is 1.18. The van der Waals surface area contributed by atoms with Gasteiger partial charge in [0.1, 0.15) is 11.1 Å². The highest BCUT2D eigenvalue weighted by molar-refractivity contribution is 7.14. The van der Waals surface area contributed by atoms with E-state index < -0.39 is 0 Å². The molecule has 0 aliphatic heterocycles. The van der Waals surface area contributed by atoms with E-state index in [1.807, 2.05) is 13.0 Å². The molecule has 0 saturated carbocycles. The summed E-state index contributed by atoms with van der Waals surface area (Å²) in [6, 6.07) is 3.73. The van der Waals surface area contributed by atoms with Crippen molar-refractivity contribution in [2.24, 2.45) is 11.7 Å². The lowest BCUT2D eigenvalue weighted by Gasteiger charge is -2.07. The molecule has 4 nitrogen and oxygen atoms in total. The zero-order valence-electron chi connectivity index (χ0n) is 9.19. The van der Waals surface area contributed by atoms with Crippen LogP contribution in [0.5, 0.6) is 0 Å². The molecule has 1 rings (SSSR count). The van der Waals surface area contributed by atoms with Crippen LogP contribution < -0.4 is 11.1 Å². The third kappa shape index (κ3) is 3.65. The molecule has 1 atom stereocenters. The highest BCUT2D eigenvalue weighted by atomic mass is 32.1. The zero-order valence-corrected chi connectivity index (χ0v) is 10.0. The number of nitrogens with zero attached hydrogens (tertiary/aromatic N) is 1. The van der Waals surface area contributed by atoms with Crippen LogP contribution in [-0.2, 0) is 4.79 Å². The second kappa shape index (κ2) is 6.26. The average Bonchev–Trinajstić information content (AvgIpc) is 2.73. The number of nitriles is 1. The SMILES string of the molecule is CC(CN)CCC(=O)Nc1sccc1C#N. The largest absolute Gasteiger partial charge is 0.330 e. The molecule has 1 amide bonds. The Balaban J connectivity index is 2.43. The van der Waals surface area contributed by atoms with E-state index in [2.05, 4.69) is 5.32 Å². The molecule has 5 heteroatoms. The van der Waals surface area contributed by atoms with E-state index in [0.717, 1.165) is 6.42 Å². The molecule has 1 aromatic rings. The topological polar surface area (TPSA) is 78.9 Å². The maximum atomic E-state index is 11.5. The number of amides is 1. The second-order valence-electron chi connectivity index (χ2n) is 3.70. The van der Waals surface area contributed by atoms with Crippen LogP contribution in [0.25, 0.3) is 0 Å². The Morgan fingerprint density at radius 3 is 3.12 bits per heavy atom. The summed E-state index contributed by atoms with van der Waals surface area (Å²) >= 11 is 1.36. The van der Waals surface area contributed by atoms with Crippen LogP contribution >= 0.6 is 11.3 Å². The molecule has 1 unspecified atom stereocenters. The van der Waals surface area contributed by atoms with E-state index in [0.29, 0.717) is 29.4 Å². The molecular formula is C11H15N3OS. The summed E-state index contributed by atoms with van der Waals surface area (Å²) in [6.07, 6.45) is 1.22. The van der Waals surface area contributed by atoms with Crippen molar-refractivity contribution in [1.82, 2.24) is 0 Å². The Labute approximate surface area is 99.1 Å². The molecule has 3 N–H and O–H groups in total. The molecule has 0 radical (unpaired) electrons. The van der Waals surface area contributed by atoms with E-state index in [4.69, 9.17) is 11.0 Å². The minimum absolute atomic E-state index is 0.0563. The van der Waals surface area contributed by atoms with E-state index in [1.54, 1.807) is 11.4 Å². The maximum absolute atomic E-state index is 11.5. The Morgan fingerprint density at radius 2 is 2.50 bits per heavy atom. The molecule has 0 fully saturated rings. The lowest BCUT2D eigenvalue weighted by Crippen LogP contribution is -2.16. The van der Waals surface area contributed by atoms with Crippen LogP contribution in [0.3, 0.4) is 0 Å². The smallest absolute Gasteiger partial charge is 0.225 e. The van der Waals surface area contributed by atoms with Crippen molar-refractivity contribution in [3.05, 3.63) is 17.0 Å². The molecule has 0 aliphatic rings. The summed E-state index contributed by atoms with van der Waals surface area (Å²) in [7, 11) is 0. The average molecular weight is 237 g/mol. The van der Waals surface area contributed by atoms with Crippen molar-refractivity contribution < 1.29 is 4.79 Å². The Hall–Kier alpha value is -1.38. The molecule has 0 aromatic carbocycles. The first-order valence-corrected chi connectivity index (χ1v) is 6.02. The van der Waals surface area contributed by atoms with Gasteiger partial charge in [-0.25, -0.2) is 0 Å². The minimum atomic E-state index is -0.0563. The molecule has 0 bridgehead atoms. The van der Waals surface area contributed by atoms with Crippen LogP contribution in [0.2, 0.25) is 0 Å². The number of carbonyl (C=O) groups excluding carboxylic acids is 1. The Bertz CT molecular complexity index is 394. The van der Waals surface area contributed by atoms with Crippen LogP contribution in [0.1, 0.15) is 25.3 Å². The standard InChI is InChI=1S/C11H15N3OS/c1-8(6-12)2-3-10(15)14-11-9(7-13)4-5-16-11/h4-5,8H,2-3,6,12H2,1H3,(H,14,15). The summed E-state index contributed by atoms with van der Waals surface area (Å²) in [5.41, 5.74) is 5.99. The van der Waals surface area contributed by atoms with Gasteiger partial charge in [0.15, 0.2) is 0 Å². The lowest BCUT2D eigenvalue weighted by atomic mass is 10.1. The van der Waals surface area contributed by atoms with Crippen molar-refractivity contribution in [1.29, 1.82) is 5.26 Å². The van der Waals surface area contributed by atoms with Gasteiger partial charge in [-0.15, -0.1) is 11.3 Å². The van der Waals surface area contributed by atoms with E-state index in [9.17, 15) is 4.79 Å². The van der Waals surface area contributed by atoms with Crippen molar-refractivity contribution in [2.75, 3.05) is 11.9 Å². The fourth-order valence-corrected chi connectivity index (χ4v) is 1.93. The van der Waals surface area contributed by atoms with Gasteiger partial charge in [0, 0.05) is 6.42 Å². The van der Waals surface area contributed by atoms with Gasteiger partial charge in [-0.1, -0.05) is 6.92 Å². The number of anilines is 1.